The Morgan fingerprint density at radius 3 is 2.45 bits per heavy atom. The molecule has 22 heavy (non-hydrogen) atoms. The van der Waals surface area contributed by atoms with Crippen LogP contribution in [0.1, 0.15) is 5.56 Å². The normalized spacial score (nSPS) is 11.4. The zero-order valence-corrected chi connectivity index (χ0v) is 13.4. The molecule has 0 aliphatic heterocycles. The fraction of sp³-hybridized carbons (Fsp3) is 0.200. The molecule has 0 saturated carbocycles. The van der Waals surface area contributed by atoms with E-state index in [-0.39, 0.29) is 17.2 Å². The first-order valence-electron chi connectivity index (χ1n) is 6.50. The van der Waals surface area contributed by atoms with Gasteiger partial charge in [0, 0.05) is 11.6 Å². The van der Waals surface area contributed by atoms with Crippen molar-refractivity contribution in [2.75, 3.05) is 13.7 Å². The summed E-state index contributed by atoms with van der Waals surface area (Å²) in [5, 5.41) is 0.623. The van der Waals surface area contributed by atoms with Gasteiger partial charge in [0.25, 0.3) is 0 Å². The van der Waals surface area contributed by atoms with Gasteiger partial charge < -0.3 is 4.74 Å². The minimum Gasteiger partial charge on any atom is -0.494 e. The Morgan fingerprint density at radius 1 is 1.18 bits per heavy atom. The van der Waals surface area contributed by atoms with Gasteiger partial charge in [-0.05, 0) is 42.3 Å². The Bertz CT molecular complexity index is 748. The molecular formula is C15H15ClFNO3S. The summed E-state index contributed by atoms with van der Waals surface area (Å²) in [5.41, 5.74) is 0.952. The van der Waals surface area contributed by atoms with Crippen molar-refractivity contribution in [2.24, 2.45) is 0 Å². The van der Waals surface area contributed by atoms with Crippen LogP contribution in [0.15, 0.2) is 47.4 Å². The first kappa shape index (κ1) is 16.7. The topological polar surface area (TPSA) is 55.4 Å². The summed E-state index contributed by atoms with van der Waals surface area (Å²) in [6, 6.07) is 10.6. The molecule has 0 aromatic heterocycles. The van der Waals surface area contributed by atoms with Crippen molar-refractivity contribution in [3.63, 3.8) is 0 Å². The smallest absolute Gasteiger partial charge is 0.240 e. The van der Waals surface area contributed by atoms with Crippen LogP contribution >= 0.6 is 11.6 Å². The quantitative estimate of drug-likeness (QED) is 0.877. The molecule has 0 radical (unpaired) electrons. The van der Waals surface area contributed by atoms with Gasteiger partial charge in [-0.3, -0.25) is 0 Å². The summed E-state index contributed by atoms with van der Waals surface area (Å²) in [6.45, 7) is 0.206. The predicted molar refractivity (Wildman–Crippen MR) is 83.3 cm³/mol. The van der Waals surface area contributed by atoms with Crippen LogP contribution in [0.3, 0.4) is 0 Å². The maximum atomic E-state index is 13.6. The number of methoxy groups -OCH3 is 1. The van der Waals surface area contributed by atoms with Crippen molar-refractivity contribution < 1.29 is 17.5 Å². The molecular weight excluding hydrogens is 329 g/mol. The van der Waals surface area contributed by atoms with E-state index in [4.69, 9.17) is 16.3 Å². The van der Waals surface area contributed by atoms with Gasteiger partial charge in [-0.1, -0.05) is 23.7 Å². The van der Waals surface area contributed by atoms with Crippen molar-refractivity contribution in [3.8, 4) is 5.75 Å². The van der Waals surface area contributed by atoms with E-state index in [1.807, 2.05) is 12.1 Å². The van der Waals surface area contributed by atoms with E-state index in [0.29, 0.717) is 11.4 Å². The van der Waals surface area contributed by atoms with Crippen LogP contribution in [0.5, 0.6) is 5.75 Å². The number of hydrogen-bond acceptors (Lipinski definition) is 3. The monoisotopic (exact) mass is 343 g/mol. The summed E-state index contributed by atoms with van der Waals surface area (Å²) < 4.78 is 44.9. The lowest BCUT2D eigenvalue weighted by atomic mass is 10.2. The van der Waals surface area contributed by atoms with Crippen LogP contribution in [0.25, 0.3) is 0 Å². The highest BCUT2D eigenvalue weighted by molar-refractivity contribution is 7.89. The van der Waals surface area contributed by atoms with Crippen LogP contribution < -0.4 is 9.46 Å². The van der Waals surface area contributed by atoms with Gasteiger partial charge in [0.15, 0.2) is 11.6 Å². The van der Waals surface area contributed by atoms with Crippen molar-refractivity contribution in [2.45, 2.75) is 11.3 Å². The molecule has 2 aromatic carbocycles. The maximum absolute atomic E-state index is 13.6. The van der Waals surface area contributed by atoms with E-state index in [2.05, 4.69) is 4.72 Å². The SMILES string of the molecule is COc1ccc(S(=O)(=O)NCCc2ccc(Cl)cc2)cc1F. The van der Waals surface area contributed by atoms with E-state index < -0.39 is 15.8 Å². The highest BCUT2D eigenvalue weighted by Gasteiger charge is 2.16. The Kier molecular flexibility index (Phi) is 5.39. The molecule has 0 bridgehead atoms. The largest absolute Gasteiger partial charge is 0.494 e. The first-order valence-corrected chi connectivity index (χ1v) is 8.36. The third-order valence-electron chi connectivity index (χ3n) is 3.05. The minimum absolute atomic E-state index is 0.000106. The average molecular weight is 344 g/mol. The van der Waals surface area contributed by atoms with Gasteiger partial charge in [0.05, 0.1) is 12.0 Å². The van der Waals surface area contributed by atoms with Crippen molar-refractivity contribution in [3.05, 3.63) is 58.9 Å². The second-order valence-corrected chi connectivity index (χ2v) is 6.77. The number of nitrogens with one attached hydrogen (secondary N) is 1. The highest BCUT2D eigenvalue weighted by Crippen LogP contribution is 2.20. The summed E-state index contributed by atoms with van der Waals surface area (Å²) in [7, 11) is -2.44. The predicted octanol–water partition coefficient (Wildman–Crippen LogP) is 3.01. The van der Waals surface area contributed by atoms with Gasteiger partial charge in [0.2, 0.25) is 10.0 Å². The number of hydrogen-bond donors (Lipinski definition) is 1. The molecule has 0 aliphatic rings. The van der Waals surface area contributed by atoms with Crippen LogP contribution in [0.2, 0.25) is 5.02 Å². The second-order valence-electron chi connectivity index (χ2n) is 4.57. The van der Waals surface area contributed by atoms with E-state index in [0.717, 1.165) is 11.6 Å². The molecule has 7 heteroatoms. The molecule has 0 aliphatic carbocycles. The summed E-state index contributed by atoms with van der Waals surface area (Å²) in [5.74, 6) is -0.719. The fourth-order valence-corrected chi connectivity index (χ4v) is 3.05. The van der Waals surface area contributed by atoms with Crippen LogP contribution in [-0.4, -0.2) is 22.1 Å². The number of rotatable bonds is 6. The van der Waals surface area contributed by atoms with Crippen LogP contribution in [0, 0.1) is 5.82 Å². The lowest BCUT2D eigenvalue weighted by Gasteiger charge is -2.08. The number of ether oxygens (including phenoxy) is 1. The van der Waals surface area contributed by atoms with Crippen LogP contribution in [-0.2, 0) is 16.4 Å². The van der Waals surface area contributed by atoms with E-state index in [1.165, 1.54) is 19.2 Å². The molecule has 4 nitrogen and oxygen atoms in total. The third-order valence-corrected chi connectivity index (χ3v) is 4.76. The number of sulfonamides is 1. The van der Waals surface area contributed by atoms with Gasteiger partial charge in [-0.15, -0.1) is 0 Å². The molecule has 0 saturated heterocycles. The molecule has 0 atom stereocenters. The zero-order chi connectivity index (χ0) is 16.2. The van der Waals surface area contributed by atoms with Crippen LogP contribution in [0.4, 0.5) is 4.39 Å². The Labute approximate surface area is 133 Å². The lowest BCUT2D eigenvalue weighted by molar-refractivity contribution is 0.385. The average Bonchev–Trinajstić information content (AvgIpc) is 2.49. The zero-order valence-electron chi connectivity index (χ0n) is 11.8. The van der Waals surface area contributed by atoms with Crippen molar-refractivity contribution >= 4 is 21.6 Å². The molecule has 118 valence electrons. The van der Waals surface area contributed by atoms with Gasteiger partial charge in [-0.2, -0.15) is 0 Å². The molecule has 0 amide bonds. The summed E-state index contributed by atoms with van der Waals surface area (Å²) in [6.07, 6.45) is 0.509. The van der Waals surface area contributed by atoms with E-state index in [1.54, 1.807) is 12.1 Å². The van der Waals surface area contributed by atoms with Crippen molar-refractivity contribution in [1.29, 1.82) is 0 Å². The Balaban J connectivity index is 2.02. The highest BCUT2D eigenvalue weighted by atomic mass is 35.5. The van der Waals surface area contributed by atoms with E-state index in [9.17, 15) is 12.8 Å². The molecule has 0 fully saturated rings. The second kappa shape index (κ2) is 7.09. The summed E-state index contributed by atoms with van der Waals surface area (Å²) in [4.78, 5) is -0.137. The standard InChI is InChI=1S/C15H15ClFNO3S/c1-21-15-7-6-13(10-14(15)17)22(19,20)18-9-8-11-2-4-12(16)5-3-11/h2-7,10,18H,8-9H2,1H3. The number of halogens is 2. The molecule has 2 rings (SSSR count). The Morgan fingerprint density at radius 2 is 1.86 bits per heavy atom. The molecule has 2 aromatic rings. The fourth-order valence-electron chi connectivity index (χ4n) is 1.88. The van der Waals surface area contributed by atoms with Gasteiger partial charge >= 0.3 is 0 Å². The Hall–Kier alpha value is -1.63. The van der Waals surface area contributed by atoms with Crippen molar-refractivity contribution in [1.82, 2.24) is 4.72 Å². The van der Waals surface area contributed by atoms with Gasteiger partial charge in [-0.25, -0.2) is 17.5 Å². The lowest BCUT2D eigenvalue weighted by Crippen LogP contribution is -2.26. The number of benzene rings is 2. The summed E-state index contributed by atoms with van der Waals surface area (Å²) >= 11 is 5.78. The minimum atomic E-state index is -3.76. The van der Waals surface area contributed by atoms with Gasteiger partial charge in [0.1, 0.15) is 0 Å². The van der Waals surface area contributed by atoms with E-state index >= 15 is 0 Å². The first-order chi connectivity index (χ1) is 10.4. The molecule has 0 unspecified atom stereocenters. The molecule has 0 heterocycles. The molecule has 1 N–H and O–H groups in total. The maximum Gasteiger partial charge on any atom is 0.240 e. The molecule has 0 spiro atoms. The third kappa shape index (κ3) is 4.19.